The van der Waals surface area contributed by atoms with Crippen molar-refractivity contribution in [1.82, 2.24) is 10.6 Å². The summed E-state index contributed by atoms with van der Waals surface area (Å²) in [5.41, 5.74) is 0.682. The third kappa shape index (κ3) is 3.62. The molecule has 4 N–H and O–H groups in total. The predicted molar refractivity (Wildman–Crippen MR) is 77.2 cm³/mol. The number of benzene rings is 1. The summed E-state index contributed by atoms with van der Waals surface area (Å²) in [4.78, 5) is 24.1. The van der Waals surface area contributed by atoms with Gasteiger partial charge < -0.3 is 20.7 Å². The number of amides is 2. The van der Waals surface area contributed by atoms with Crippen LogP contribution in [0, 0.1) is 0 Å². The zero-order valence-corrected chi connectivity index (χ0v) is 11.5. The van der Waals surface area contributed by atoms with E-state index in [1.807, 2.05) is 0 Å². The van der Waals surface area contributed by atoms with Crippen LogP contribution in [0.25, 0.3) is 0 Å². The summed E-state index contributed by atoms with van der Waals surface area (Å²) < 4.78 is 0. The van der Waals surface area contributed by atoms with Gasteiger partial charge in [0.15, 0.2) is 0 Å². The molecule has 2 fully saturated rings. The Bertz CT molecular complexity index is 538. The summed E-state index contributed by atoms with van der Waals surface area (Å²) in [6.07, 6.45) is 3.85. The molecule has 3 rings (SSSR count). The number of rotatable bonds is 5. The highest BCUT2D eigenvalue weighted by Gasteiger charge is 2.27. The zero-order chi connectivity index (χ0) is 15.0. The fourth-order valence-electron chi connectivity index (χ4n) is 2.06. The molecule has 2 aliphatic carbocycles. The van der Waals surface area contributed by atoms with Gasteiger partial charge in [0.2, 0.25) is 0 Å². The van der Waals surface area contributed by atoms with Crippen LogP contribution in [0.4, 0.5) is 0 Å². The maximum atomic E-state index is 12.1. The molecule has 2 amide bonds. The molecule has 0 saturated heterocycles. The number of nitrogens with one attached hydrogen (secondary N) is 2. The molecule has 0 atom stereocenters. The van der Waals surface area contributed by atoms with Crippen molar-refractivity contribution in [2.45, 2.75) is 37.8 Å². The Morgan fingerprint density at radius 1 is 0.905 bits per heavy atom. The van der Waals surface area contributed by atoms with Gasteiger partial charge in [-0.1, -0.05) is 0 Å². The minimum atomic E-state index is -1.72. The molecule has 0 bridgehead atoms. The highest BCUT2D eigenvalue weighted by Crippen LogP contribution is 2.20. The van der Waals surface area contributed by atoms with Crippen LogP contribution in [0.1, 0.15) is 46.4 Å². The van der Waals surface area contributed by atoms with Crippen molar-refractivity contribution in [3.05, 3.63) is 29.3 Å². The lowest BCUT2D eigenvalue weighted by Crippen LogP contribution is -2.35. The first-order chi connectivity index (χ1) is 10.0. The fourth-order valence-corrected chi connectivity index (χ4v) is 2.06. The van der Waals surface area contributed by atoms with Crippen molar-refractivity contribution in [3.63, 3.8) is 0 Å². The van der Waals surface area contributed by atoms with Gasteiger partial charge in [-0.2, -0.15) is 0 Å². The molecule has 0 radical (unpaired) electrons. The first-order valence-electron chi connectivity index (χ1n) is 7.16. The van der Waals surface area contributed by atoms with E-state index in [1.54, 1.807) is 0 Å². The molecule has 21 heavy (non-hydrogen) atoms. The molecule has 0 aromatic heterocycles. The van der Waals surface area contributed by atoms with Crippen LogP contribution < -0.4 is 16.1 Å². The monoisotopic (exact) mass is 288 g/mol. The van der Waals surface area contributed by atoms with Crippen molar-refractivity contribution in [2.24, 2.45) is 0 Å². The Kier molecular flexibility index (Phi) is 3.69. The number of hydrogen-bond donors (Lipinski definition) is 4. The van der Waals surface area contributed by atoms with Crippen LogP contribution in [0.2, 0.25) is 0 Å². The van der Waals surface area contributed by atoms with E-state index in [0.717, 1.165) is 25.7 Å². The van der Waals surface area contributed by atoms with Crippen LogP contribution in [-0.4, -0.2) is 41.1 Å². The second-order valence-electron chi connectivity index (χ2n) is 5.71. The van der Waals surface area contributed by atoms with Gasteiger partial charge in [0.1, 0.15) is 0 Å². The van der Waals surface area contributed by atoms with E-state index in [4.69, 9.17) is 0 Å². The molecule has 6 nitrogen and oxygen atoms in total. The molecule has 0 aliphatic heterocycles. The highest BCUT2D eigenvalue weighted by molar-refractivity contribution is 6.58. The molecule has 0 heterocycles. The molecule has 2 saturated carbocycles. The molecular formula is C14H17BN2O4. The van der Waals surface area contributed by atoms with Crippen LogP contribution >= 0.6 is 0 Å². The SMILES string of the molecule is O=C(NC1CC1)c1cc(B(O)O)cc(C(=O)NC2CC2)c1. The second kappa shape index (κ2) is 5.50. The van der Waals surface area contributed by atoms with Crippen LogP contribution in [0.3, 0.4) is 0 Å². The van der Waals surface area contributed by atoms with Gasteiger partial charge in [0.25, 0.3) is 11.8 Å². The highest BCUT2D eigenvalue weighted by atomic mass is 16.4. The summed E-state index contributed by atoms with van der Waals surface area (Å²) in [5, 5.41) is 24.3. The normalized spacial score (nSPS) is 17.2. The predicted octanol–water partition coefficient (Wildman–Crippen LogP) is -0.849. The maximum Gasteiger partial charge on any atom is 0.488 e. The molecule has 1 aromatic rings. The quantitative estimate of drug-likeness (QED) is 0.530. The first kappa shape index (κ1) is 14.1. The van der Waals surface area contributed by atoms with Crippen LogP contribution in [0.15, 0.2) is 18.2 Å². The molecule has 0 spiro atoms. The number of carbonyl (C=O) groups is 2. The van der Waals surface area contributed by atoms with Crippen LogP contribution in [-0.2, 0) is 0 Å². The topological polar surface area (TPSA) is 98.7 Å². The van der Waals surface area contributed by atoms with Gasteiger partial charge in [-0.15, -0.1) is 0 Å². The van der Waals surface area contributed by atoms with Gasteiger partial charge in [-0.3, -0.25) is 9.59 Å². The third-order valence-electron chi connectivity index (χ3n) is 3.60. The van der Waals surface area contributed by atoms with Gasteiger partial charge in [0, 0.05) is 23.2 Å². The summed E-state index contributed by atoms with van der Waals surface area (Å²) in [6, 6.07) is 4.68. The van der Waals surface area contributed by atoms with Crippen LogP contribution in [0.5, 0.6) is 0 Å². The largest absolute Gasteiger partial charge is 0.488 e. The Labute approximate surface area is 122 Å². The number of carbonyl (C=O) groups excluding carboxylic acids is 2. The summed E-state index contributed by atoms with van der Waals surface area (Å²) in [7, 11) is -1.72. The van der Waals surface area contributed by atoms with E-state index in [2.05, 4.69) is 10.6 Å². The smallest absolute Gasteiger partial charge is 0.423 e. The van der Waals surface area contributed by atoms with Crippen molar-refractivity contribution in [1.29, 1.82) is 0 Å². The standard InChI is InChI=1S/C14H17BN2O4/c18-13(16-11-1-2-11)8-5-9(7-10(6-8)15(20)21)14(19)17-12-3-4-12/h5-7,11-12,20-21H,1-4H2,(H,16,18)(H,17,19). The lowest BCUT2D eigenvalue weighted by atomic mass is 9.78. The Balaban J connectivity index is 1.84. The molecular weight excluding hydrogens is 271 g/mol. The molecule has 110 valence electrons. The van der Waals surface area contributed by atoms with Crippen molar-refractivity contribution in [2.75, 3.05) is 0 Å². The van der Waals surface area contributed by atoms with Gasteiger partial charge in [-0.05, 0) is 49.3 Å². The van der Waals surface area contributed by atoms with E-state index in [-0.39, 0.29) is 40.5 Å². The van der Waals surface area contributed by atoms with E-state index in [1.165, 1.54) is 18.2 Å². The van der Waals surface area contributed by atoms with Gasteiger partial charge in [-0.25, -0.2) is 0 Å². The lowest BCUT2D eigenvalue weighted by molar-refractivity contribution is 0.0950. The van der Waals surface area contributed by atoms with E-state index in [9.17, 15) is 19.6 Å². The Morgan fingerprint density at radius 3 is 1.67 bits per heavy atom. The summed E-state index contributed by atoms with van der Waals surface area (Å²) >= 11 is 0. The van der Waals surface area contributed by atoms with Gasteiger partial charge >= 0.3 is 7.12 Å². The fraction of sp³-hybridized carbons (Fsp3) is 0.429. The van der Waals surface area contributed by atoms with Crippen molar-refractivity contribution in [3.8, 4) is 0 Å². The zero-order valence-electron chi connectivity index (χ0n) is 11.5. The van der Waals surface area contributed by atoms with Gasteiger partial charge in [0.05, 0.1) is 0 Å². The minimum Gasteiger partial charge on any atom is -0.423 e. The van der Waals surface area contributed by atoms with Crippen molar-refractivity contribution >= 4 is 24.4 Å². The molecule has 0 unspecified atom stereocenters. The third-order valence-corrected chi connectivity index (χ3v) is 3.60. The summed E-state index contributed by atoms with van der Waals surface area (Å²) in [6.45, 7) is 0. The molecule has 2 aliphatic rings. The first-order valence-corrected chi connectivity index (χ1v) is 7.16. The molecule has 7 heteroatoms. The summed E-state index contributed by atoms with van der Waals surface area (Å²) in [5.74, 6) is -0.582. The minimum absolute atomic E-state index is 0.138. The maximum absolute atomic E-state index is 12.1. The average molecular weight is 288 g/mol. The molecule has 1 aromatic carbocycles. The average Bonchev–Trinajstić information content (AvgIpc) is 3.34. The van der Waals surface area contributed by atoms with Crippen molar-refractivity contribution < 1.29 is 19.6 Å². The second-order valence-corrected chi connectivity index (χ2v) is 5.71. The Morgan fingerprint density at radius 2 is 1.33 bits per heavy atom. The van der Waals surface area contributed by atoms with E-state index >= 15 is 0 Å². The van der Waals surface area contributed by atoms with E-state index in [0.29, 0.717) is 0 Å². The lowest BCUT2D eigenvalue weighted by Gasteiger charge is -2.10. The number of hydrogen-bond acceptors (Lipinski definition) is 4. The Hall–Kier alpha value is -1.86. The van der Waals surface area contributed by atoms with E-state index < -0.39 is 7.12 Å².